The first kappa shape index (κ1) is 12.2. The maximum absolute atomic E-state index is 6.04. The SMILES string of the molecule is CCc1ccc(CC(N)CC(C)C)nc1. The van der Waals surface area contributed by atoms with Crippen molar-refractivity contribution in [2.75, 3.05) is 0 Å². The molecule has 2 nitrogen and oxygen atoms in total. The van der Waals surface area contributed by atoms with E-state index in [0.29, 0.717) is 5.92 Å². The molecule has 0 aliphatic rings. The number of nitrogens with zero attached hydrogens (tertiary/aromatic N) is 1. The number of rotatable bonds is 5. The van der Waals surface area contributed by atoms with Crippen LogP contribution in [0.15, 0.2) is 18.3 Å². The number of hydrogen-bond donors (Lipinski definition) is 1. The van der Waals surface area contributed by atoms with Crippen LogP contribution < -0.4 is 5.73 Å². The van der Waals surface area contributed by atoms with E-state index in [9.17, 15) is 0 Å². The Kier molecular flexibility index (Phi) is 4.76. The molecular weight excluding hydrogens is 184 g/mol. The first-order chi connectivity index (χ1) is 7.11. The molecule has 84 valence electrons. The van der Waals surface area contributed by atoms with Crippen LogP contribution in [0, 0.1) is 5.92 Å². The second-order valence-electron chi connectivity index (χ2n) is 4.61. The number of aryl methyl sites for hydroxylation is 1. The van der Waals surface area contributed by atoms with Crippen molar-refractivity contribution in [3.8, 4) is 0 Å². The normalized spacial score (nSPS) is 13.1. The summed E-state index contributed by atoms with van der Waals surface area (Å²) in [6.45, 7) is 6.54. The second kappa shape index (κ2) is 5.86. The standard InChI is InChI=1S/C13H22N2/c1-4-11-5-6-13(15-9-11)8-12(14)7-10(2)3/h5-6,9-10,12H,4,7-8,14H2,1-3H3. The van der Waals surface area contributed by atoms with Crippen LogP contribution in [0.5, 0.6) is 0 Å². The van der Waals surface area contributed by atoms with Gasteiger partial charge in [0.1, 0.15) is 0 Å². The van der Waals surface area contributed by atoms with Gasteiger partial charge in [0, 0.05) is 24.4 Å². The van der Waals surface area contributed by atoms with Crippen molar-refractivity contribution in [2.45, 2.75) is 46.1 Å². The number of aromatic nitrogens is 1. The molecule has 1 aromatic rings. The quantitative estimate of drug-likeness (QED) is 0.804. The third kappa shape index (κ3) is 4.43. The van der Waals surface area contributed by atoms with Crippen LogP contribution >= 0.6 is 0 Å². The van der Waals surface area contributed by atoms with Crippen LogP contribution in [0.2, 0.25) is 0 Å². The van der Waals surface area contributed by atoms with Gasteiger partial charge in [-0.1, -0.05) is 26.8 Å². The lowest BCUT2D eigenvalue weighted by molar-refractivity contribution is 0.490. The molecule has 1 unspecified atom stereocenters. The molecule has 0 saturated carbocycles. The Morgan fingerprint density at radius 3 is 2.53 bits per heavy atom. The summed E-state index contributed by atoms with van der Waals surface area (Å²) in [7, 11) is 0. The van der Waals surface area contributed by atoms with E-state index in [1.807, 2.05) is 6.20 Å². The third-order valence-electron chi connectivity index (χ3n) is 2.54. The van der Waals surface area contributed by atoms with Crippen LogP contribution in [0.4, 0.5) is 0 Å². The average Bonchev–Trinajstić information content (AvgIpc) is 2.17. The highest BCUT2D eigenvalue weighted by molar-refractivity contribution is 5.14. The fraction of sp³-hybridized carbons (Fsp3) is 0.615. The average molecular weight is 206 g/mol. The molecular formula is C13H22N2. The summed E-state index contributed by atoms with van der Waals surface area (Å²) in [5.41, 5.74) is 8.44. The second-order valence-corrected chi connectivity index (χ2v) is 4.61. The molecule has 0 bridgehead atoms. The Labute approximate surface area is 92.9 Å². The highest BCUT2D eigenvalue weighted by Crippen LogP contribution is 2.08. The number of pyridine rings is 1. The van der Waals surface area contributed by atoms with Gasteiger partial charge in [0.2, 0.25) is 0 Å². The minimum absolute atomic E-state index is 0.241. The number of hydrogen-bond acceptors (Lipinski definition) is 2. The van der Waals surface area contributed by atoms with Crippen LogP contribution in [-0.4, -0.2) is 11.0 Å². The Morgan fingerprint density at radius 1 is 1.33 bits per heavy atom. The van der Waals surface area contributed by atoms with Gasteiger partial charge in [0.15, 0.2) is 0 Å². The van der Waals surface area contributed by atoms with E-state index < -0.39 is 0 Å². The minimum atomic E-state index is 0.241. The maximum Gasteiger partial charge on any atom is 0.0419 e. The summed E-state index contributed by atoms with van der Waals surface area (Å²) >= 11 is 0. The minimum Gasteiger partial charge on any atom is -0.327 e. The molecule has 1 aromatic heterocycles. The van der Waals surface area contributed by atoms with Gasteiger partial charge < -0.3 is 5.73 Å². The zero-order valence-corrected chi connectivity index (χ0v) is 10.0. The molecule has 2 heteroatoms. The predicted octanol–water partition coefficient (Wildman–Crippen LogP) is 2.56. The lowest BCUT2D eigenvalue weighted by atomic mass is 10.0. The molecule has 1 atom stereocenters. The summed E-state index contributed by atoms with van der Waals surface area (Å²) in [6, 6.07) is 4.48. The number of nitrogens with two attached hydrogens (primary N) is 1. The van der Waals surface area contributed by atoms with Gasteiger partial charge in [0.25, 0.3) is 0 Å². The summed E-state index contributed by atoms with van der Waals surface area (Å²) in [5.74, 6) is 0.662. The molecule has 0 amide bonds. The van der Waals surface area contributed by atoms with E-state index in [4.69, 9.17) is 5.73 Å². The van der Waals surface area contributed by atoms with Gasteiger partial charge in [0.05, 0.1) is 0 Å². The van der Waals surface area contributed by atoms with E-state index in [1.54, 1.807) is 0 Å². The first-order valence-corrected chi connectivity index (χ1v) is 5.81. The summed E-state index contributed by atoms with van der Waals surface area (Å²) in [5, 5.41) is 0. The van der Waals surface area contributed by atoms with Crippen molar-refractivity contribution < 1.29 is 0 Å². The van der Waals surface area contributed by atoms with E-state index in [2.05, 4.69) is 37.9 Å². The lowest BCUT2D eigenvalue weighted by Gasteiger charge is -2.13. The highest BCUT2D eigenvalue weighted by atomic mass is 14.7. The third-order valence-corrected chi connectivity index (χ3v) is 2.54. The Morgan fingerprint density at radius 2 is 2.07 bits per heavy atom. The van der Waals surface area contributed by atoms with E-state index in [1.165, 1.54) is 5.56 Å². The molecule has 1 heterocycles. The lowest BCUT2D eigenvalue weighted by Crippen LogP contribution is -2.25. The van der Waals surface area contributed by atoms with E-state index in [0.717, 1.165) is 25.0 Å². The van der Waals surface area contributed by atoms with Crippen molar-refractivity contribution in [1.82, 2.24) is 4.98 Å². The molecule has 0 aliphatic carbocycles. The topological polar surface area (TPSA) is 38.9 Å². The van der Waals surface area contributed by atoms with Gasteiger partial charge in [-0.15, -0.1) is 0 Å². The molecule has 0 spiro atoms. The fourth-order valence-corrected chi connectivity index (χ4v) is 1.74. The zero-order chi connectivity index (χ0) is 11.3. The van der Waals surface area contributed by atoms with Crippen molar-refractivity contribution in [1.29, 1.82) is 0 Å². The van der Waals surface area contributed by atoms with Crippen LogP contribution in [-0.2, 0) is 12.8 Å². The largest absolute Gasteiger partial charge is 0.327 e. The summed E-state index contributed by atoms with van der Waals surface area (Å²) in [6.07, 6.45) is 4.96. The van der Waals surface area contributed by atoms with Gasteiger partial charge in [-0.2, -0.15) is 0 Å². The highest BCUT2D eigenvalue weighted by Gasteiger charge is 2.07. The van der Waals surface area contributed by atoms with Crippen molar-refractivity contribution in [2.24, 2.45) is 11.7 Å². The molecule has 0 fully saturated rings. The molecule has 2 N–H and O–H groups in total. The fourth-order valence-electron chi connectivity index (χ4n) is 1.74. The van der Waals surface area contributed by atoms with Crippen molar-refractivity contribution in [3.63, 3.8) is 0 Å². The molecule has 0 radical (unpaired) electrons. The smallest absolute Gasteiger partial charge is 0.0419 e. The maximum atomic E-state index is 6.04. The monoisotopic (exact) mass is 206 g/mol. The zero-order valence-electron chi connectivity index (χ0n) is 10.0. The predicted molar refractivity (Wildman–Crippen MR) is 64.7 cm³/mol. The first-order valence-electron chi connectivity index (χ1n) is 5.81. The molecule has 0 aliphatic heterocycles. The van der Waals surface area contributed by atoms with Crippen LogP contribution in [0.25, 0.3) is 0 Å². The van der Waals surface area contributed by atoms with Crippen LogP contribution in [0.1, 0.15) is 38.4 Å². The molecule has 0 aromatic carbocycles. The molecule has 1 rings (SSSR count). The van der Waals surface area contributed by atoms with Gasteiger partial charge in [-0.25, -0.2) is 0 Å². The Hall–Kier alpha value is -0.890. The Balaban J connectivity index is 2.49. The summed E-state index contributed by atoms with van der Waals surface area (Å²) < 4.78 is 0. The van der Waals surface area contributed by atoms with E-state index in [-0.39, 0.29) is 6.04 Å². The van der Waals surface area contributed by atoms with Gasteiger partial charge in [-0.05, 0) is 30.4 Å². The van der Waals surface area contributed by atoms with E-state index >= 15 is 0 Å². The summed E-state index contributed by atoms with van der Waals surface area (Å²) in [4.78, 5) is 4.42. The van der Waals surface area contributed by atoms with Gasteiger partial charge in [-0.3, -0.25) is 4.98 Å². The molecule has 15 heavy (non-hydrogen) atoms. The van der Waals surface area contributed by atoms with Crippen LogP contribution in [0.3, 0.4) is 0 Å². The molecule has 0 saturated heterocycles. The Bertz CT molecular complexity index is 277. The van der Waals surface area contributed by atoms with Crippen molar-refractivity contribution in [3.05, 3.63) is 29.6 Å². The van der Waals surface area contributed by atoms with Gasteiger partial charge >= 0.3 is 0 Å². The van der Waals surface area contributed by atoms with Crippen molar-refractivity contribution >= 4 is 0 Å².